The Morgan fingerprint density at radius 1 is 1.48 bits per heavy atom. The van der Waals surface area contributed by atoms with Crippen molar-refractivity contribution in [2.75, 3.05) is 32.0 Å². The number of rotatable bonds is 3. The van der Waals surface area contributed by atoms with Gasteiger partial charge in [-0.3, -0.25) is 4.90 Å². The van der Waals surface area contributed by atoms with E-state index in [1.54, 1.807) is 6.07 Å². The Kier molecular flexibility index (Phi) is 4.23. The summed E-state index contributed by atoms with van der Waals surface area (Å²) in [6, 6.07) is 5.49. The van der Waals surface area contributed by atoms with E-state index in [9.17, 15) is 0 Å². The Hall–Kier alpha value is -1.44. The number of aromatic nitrogens is 2. The molecule has 1 fully saturated rings. The van der Waals surface area contributed by atoms with Crippen LogP contribution in [0, 0.1) is 0 Å². The average molecular weight is 353 g/mol. The first-order valence-electron chi connectivity index (χ1n) is 6.90. The van der Waals surface area contributed by atoms with Crippen molar-refractivity contribution in [2.45, 2.75) is 13.0 Å². The molecule has 3 rings (SSSR count). The van der Waals surface area contributed by atoms with Crippen LogP contribution in [-0.2, 0) is 4.74 Å². The van der Waals surface area contributed by atoms with Crippen LogP contribution in [0.1, 0.15) is 18.9 Å². The number of hydrogen-bond acceptors (Lipinski definition) is 6. The van der Waals surface area contributed by atoms with Gasteiger partial charge in [-0.1, -0.05) is 12.1 Å². The fourth-order valence-electron chi connectivity index (χ4n) is 2.33. The molecule has 0 saturated carbocycles. The molecule has 112 valence electrons. The van der Waals surface area contributed by atoms with Gasteiger partial charge in [0, 0.05) is 23.2 Å². The van der Waals surface area contributed by atoms with Crippen LogP contribution in [0.15, 0.2) is 27.2 Å². The van der Waals surface area contributed by atoms with Crippen LogP contribution in [0.4, 0.5) is 5.69 Å². The number of morpholine rings is 1. The Bertz CT molecular complexity index is 631. The monoisotopic (exact) mass is 352 g/mol. The van der Waals surface area contributed by atoms with E-state index in [2.05, 4.69) is 37.9 Å². The summed E-state index contributed by atoms with van der Waals surface area (Å²) < 4.78 is 12.0. The summed E-state index contributed by atoms with van der Waals surface area (Å²) in [5, 5.41) is 4.06. The van der Waals surface area contributed by atoms with E-state index in [-0.39, 0.29) is 6.10 Å². The van der Waals surface area contributed by atoms with E-state index in [0.717, 1.165) is 29.7 Å². The van der Waals surface area contributed by atoms with E-state index in [0.29, 0.717) is 24.0 Å². The number of halogens is 1. The topological polar surface area (TPSA) is 77.4 Å². The molecule has 2 N–H and O–H groups in total. The lowest BCUT2D eigenvalue weighted by Crippen LogP contribution is -2.38. The van der Waals surface area contributed by atoms with Crippen molar-refractivity contribution in [1.82, 2.24) is 15.0 Å². The Balaban J connectivity index is 1.84. The molecule has 1 aromatic carbocycles. The summed E-state index contributed by atoms with van der Waals surface area (Å²) in [6.07, 6.45) is -0.143. The zero-order valence-electron chi connectivity index (χ0n) is 11.8. The zero-order chi connectivity index (χ0) is 14.8. The highest BCUT2D eigenvalue weighted by atomic mass is 79.9. The Morgan fingerprint density at radius 2 is 2.33 bits per heavy atom. The quantitative estimate of drug-likeness (QED) is 0.855. The second-order valence-electron chi connectivity index (χ2n) is 4.95. The smallest absolute Gasteiger partial charge is 0.259 e. The molecule has 1 aliphatic rings. The fraction of sp³-hybridized carbons (Fsp3) is 0.429. The van der Waals surface area contributed by atoms with Gasteiger partial charge in [0.1, 0.15) is 6.10 Å². The van der Waals surface area contributed by atoms with Crippen molar-refractivity contribution in [3.8, 4) is 11.5 Å². The summed E-state index contributed by atoms with van der Waals surface area (Å²) in [4.78, 5) is 6.77. The molecular weight excluding hydrogens is 336 g/mol. The molecule has 2 heterocycles. The maximum atomic E-state index is 5.81. The van der Waals surface area contributed by atoms with Gasteiger partial charge >= 0.3 is 0 Å². The van der Waals surface area contributed by atoms with Crippen LogP contribution < -0.4 is 5.73 Å². The summed E-state index contributed by atoms with van der Waals surface area (Å²) >= 11 is 3.47. The fourth-order valence-corrected chi connectivity index (χ4v) is 2.74. The normalized spacial score (nSPS) is 19.8. The number of hydrogen-bond donors (Lipinski definition) is 1. The molecule has 0 amide bonds. The van der Waals surface area contributed by atoms with Gasteiger partial charge in [0.15, 0.2) is 0 Å². The predicted molar refractivity (Wildman–Crippen MR) is 82.7 cm³/mol. The molecule has 7 heteroatoms. The summed E-state index contributed by atoms with van der Waals surface area (Å²) in [6.45, 7) is 5.54. The first kappa shape index (κ1) is 14.5. The van der Waals surface area contributed by atoms with Crippen molar-refractivity contribution in [1.29, 1.82) is 0 Å². The highest BCUT2D eigenvalue weighted by Crippen LogP contribution is 2.30. The maximum absolute atomic E-state index is 5.81. The number of ether oxygens (including phenoxy) is 1. The molecule has 0 aliphatic carbocycles. The van der Waals surface area contributed by atoms with E-state index >= 15 is 0 Å². The highest BCUT2D eigenvalue weighted by Gasteiger charge is 2.26. The lowest BCUT2D eigenvalue weighted by molar-refractivity contribution is -0.0334. The third kappa shape index (κ3) is 3.09. The summed E-state index contributed by atoms with van der Waals surface area (Å²) in [7, 11) is 0. The Labute approximate surface area is 131 Å². The number of benzene rings is 1. The predicted octanol–water partition coefficient (Wildman–Crippen LogP) is 2.47. The van der Waals surface area contributed by atoms with E-state index < -0.39 is 0 Å². The summed E-state index contributed by atoms with van der Waals surface area (Å²) in [5.41, 5.74) is 7.25. The van der Waals surface area contributed by atoms with Crippen molar-refractivity contribution in [2.24, 2.45) is 0 Å². The van der Waals surface area contributed by atoms with Crippen molar-refractivity contribution in [3.05, 3.63) is 28.5 Å². The van der Waals surface area contributed by atoms with Crippen LogP contribution in [0.2, 0.25) is 0 Å². The molecule has 2 aromatic rings. The van der Waals surface area contributed by atoms with Gasteiger partial charge in [0.25, 0.3) is 5.89 Å². The SMILES string of the molecule is CCN1CCOC(c2noc(-c3cc(N)ccc3Br)n2)C1. The minimum absolute atomic E-state index is 0.143. The molecule has 21 heavy (non-hydrogen) atoms. The number of nitrogens with two attached hydrogens (primary N) is 1. The molecule has 1 aliphatic heterocycles. The molecule has 1 atom stereocenters. The number of nitrogen functional groups attached to an aromatic ring is 1. The van der Waals surface area contributed by atoms with Crippen LogP contribution >= 0.6 is 15.9 Å². The minimum Gasteiger partial charge on any atom is -0.399 e. The molecule has 1 aromatic heterocycles. The van der Waals surface area contributed by atoms with Gasteiger partial charge in [0.2, 0.25) is 5.82 Å². The van der Waals surface area contributed by atoms with Crippen LogP contribution in [0.3, 0.4) is 0 Å². The first-order chi connectivity index (χ1) is 10.2. The Morgan fingerprint density at radius 3 is 3.14 bits per heavy atom. The van der Waals surface area contributed by atoms with Crippen molar-refractivity contribution >= 4 is 21.6 Å². The molecule has 6 nitrogen and oxygen atoms in total. The molecule has 0 bridgehead atoms. The summed E-state index contributed by atoms with van der Waals surface area (Å²) in [5.74, 6) is 1.03. The van der Waals surface area contributed by atoms with Gasteiger partial charge in [-0.05, 0) is 40.7 Å². The molecule has 1 saturated heterocycles. The van der Waals surface area contributed by atoms with Crippen LogP contribution in [-0.4, -0.2) is 41.3 Å². The number of likely N-dealkylation sites (N-methyl/N-ethyl adjacent to an activating group) is 1. The minimum atomic E-state index is -0.143. The van der Waals surface area contributed by atoms with E-state index in [1.165, 1.54) is 0 Å². The van der Waals surface area contributed by atoms with Gasteiger partial charge in [-0.2, -0.15) is 4.98 Å². The van der Waals surface area contributed by atoms with Gasteiger partial charge in [-0.25, -0.2) is 0 Å². The molecule has 0 spiro atoms. The number of nitrogens with zero attached hydrogens (tertiary/aromatic N) is 3. The van der Waals surface area contributed by atoms with Gasteiger partial charge in [-0.15, -0.1) is 0 Å². The third-order valence-corrected chi connectivity index (χ3v) is 4.24. The second-order valence-corrected chi connectivity index (χ2v) is 5.80. The average Bonchev–Trinajstić information content (AvgIpc) is 2.99. The maximum Gasteiger partial charge on any atom is 0.259 e. The van der Waals surface area contributed by atoms with Crippen molar-refractivity contribution < 1.29 is 9.26 Å². The second kappa shape index (κ2) is 6.13. The molecule has 1 unspecified atom stereocenters. The van der Waals surface area contributed by atoms with Gasteiger partial charge in [0.05, 0.1) is 12.2 Å². The van der Waals surface area contributed by atoms with E-state index in [4.69, 9.17) is 15.0 Å². The van der Waals surface area contributed by atoms with Gasteiger partial charge < -0.3 is 15.0 Å². The van der Waals surface area contributed by atoms with E-state index in [1.807, 2.05) is 12.1 Å². The lowest BCUT2D eigenvalue weighted by atomic mass is 10.2. The van der Waals surface area contributed by atoms with Crippen LogP contribution in [0.25, 0.3) is 11.5 Å². The standard InChI is InChI=1S/C14H17BrN4O2/c1-2-19-5-6-20-12(8-19)13-17-14(21-18-13)10-7-9(16)3-4-11(10)15/h3-4,7,12H,2,5-6,8,16H2,1H3. The number of anilines is 1. The zero-order valence-corrected chi connectivity index (χ0v) is 13.3. The molecular formula is C14H17BrN4O2. The molecule has 0 radical (unpaired) electrons. The third-order valence-electron chi connectivity index (χ3n) is 3.55. The first-order valence-corrected chi connectivity index (χ1v) is 7.69. The van der Waals surface area contributed by atoms with Crippen LogP contribution in [0.5, 0.6) is 0 Å². The highest BCUT2D eigenvalue weighted by molar-refractivity contribution is 9.10. The van der Waals surface area contributed by atoms with Crippen molar-refractivity contribution in [3.63, 3.8) is 0 Å². The lowest BCUT2D eigenvalue weighted by Gasteiger charge is -2.30. The largest absolute Gasteiger partial charge is 0.399 e.